The van der Waals surface area contributed by atoms with E-state index in [4.69, 9.17) is 14.7 Å². The van der Waals surface area contributed by atoms with Gasteiger partial charge < -0.3 is 9.64 Å². The van der Waals surface area contributed by atoms with Gasteiger partial charge in [0.05, 0.1) is 23.6 Å². The molecule has 6 rings (SSSR count). The fourth-order valence-electron chi connectivity index (χ4n) is 5.66. The summed E-state index contributed by atoms with van der Waals surface area (Å²) in [6, 6.07) is 22.1. The Kier molecular flexibility index (Phi) is 6.97. The van der Waals surface area contributed by atoms with Crippen molar-refractivity contribution >= 4 is 39.1 Å². The number of hydrogen-bond acceptors (Lipinski definition) is 7. The quantitative estimate of drug-likeness (QED) is 0.208. The number of aromatic nitrogens is 2. The molecule has 0 amide bonds. The standard InChI is InChI=1S/C30H34N4OS2/c1-4-30(2)19-23-24(20-35-30)37-28-25(23)27(31-29(32-28)36-3)34-17-15-33(16-18-34)26(21-11-7-5-8-12-21)22-13-9-6-10-14-22/h5-14,26H,4,15-20H2,1-3H3/t30-/m1/s1. The first-order valence-corrected chi connectivity index (χ1v) is 15.2. The molecule has 7 heteroatoms. The first-order chi connectivity index (χ1) is 18.1. The lowest BCUT2D eigenvalue weighted by Crippen LogP contribution is -2.48. The van der Waals surface area contributed by atoms with Crippen LogP contribution in [0.15, 0.2) is 65.8 Å². The lowest BCUT2D eigenvalue weighted by atomic mass is 9.90. The fraction of sp³-hybridized carbons (Fsp3) is 0.400. The van der Waals surface area contributed by atoms with Crippen molar-refractivity contribution in [2.24, 2.45) is 0 Å². The number of nitrogens with zero attached hydrogens (tertiary/aromatic N) is 4. The van der Waals surface area contributed by atoms with Crippen molar-refractivity contribution in [1.29, 1.82) is 0 Å². The monoisotopic (exact) mass is 530 g/mol. The minimum absolute atomic E-state index is 0.117. The van der Waals surface area contributed by atoms with Gasteiger partial charge in [0.1, 0.15) is 10.6 Å². The van der Waals surface area contributed by atoms with Crippen LogP contribution < -0.4 is 4.90 Å². The summed E-state index contributed by atoms with van der Waals surface area (Å²) in [7, 11) is 0. The van der Waals surface area contributed by atoms with Gasteiger partial charge in [-0.2, -0.15) is 0 Å². The maximum Gasteiger partial charge on any atom is 0.190 e. The topological polar surface area (TPSA) is 41.5 Å². The van der Waals surface area contributed by atoms with Crippen LogP contribution in [0.4, 0.5) is 5.82 Å². The number of hydrogen-bond donors (Lipinski definition) is 0. The van der Waals surface area contributed by atoms with E-state index in [-0.39, 0.29) is 11.6 Å². The van der Waals surface area contributed by atoms with Crippen molar-refractivity contribution < 1.29 is 4.74 Å². The molecule has 0 saturated carbocycles. The zero-order valence-electron chi connectivity index (χ0n) is 21.8. The summed E-state index contributed by atoms with van der Waals surface area (Å²) in [5, 5.41) is 2.12. The summed E-state index contributed by atoms with van der Waals surface area (Å²) in [6.07, 6.45) is 4.00. The predicted molar refractivity (Wildman–Crippen MR) is 155 cm³/mol. The van der Waals surface area contributed by atoms with E-state index < -0.39 is 0 Å². The Morgan fingerprint density at radius 1 is 0.973 bits per heavy atom. The molecule has 2 aliphatic rings. The maximum absolute atomic E-state index is 6.27. The van der Waals surface area contributed by atoms with Gasteiger partial charge in [0, 0.05) is 37.5 Å². The van der Waals surface area contributed by atoms with Crippen molar-refractivity contribution in [1.82, 2.24) is 14.9 Å². The summed E-state index contributed by atoms with van der Waals surface area (Å²) in [5.41, 5.74) is 3.99. The maximum atomic E-state index is 6.27. The van der Waals surface area contributed by atoms with Gasteiger partial charge in [-0.25, -0.2) is 9.97 Å². The van der Waals surface area contributed by atoms with Crippen LogP contribution in [0.2, 0.25) is 0 Å². The minimum Gasteiger partial charge on any atom is -0.369 e. The number of piperazine rings is 1. The highest BCUT2D eigenvalue weighted by Gasteiger charge is 2.35. The molecule has 2 aliphatic heterocycles. The zero-order chi connectivity index (χ0) is 25.4. The third kappa shape index (κ3) is 4.78. The third-order valence-electron chi connectivity index (χ3n) is 7.94. The highest BCUT2D eigenvalue weighted by Crippen LogP contribution is 2.43. The van der Waals surface area contributed by atoms with E-state index in [1.807, 2.05) is 0 Å². The average Bonchev–Trinajstić information content (AvgIpc) is 3.31. The van der Waals surface area contributed by atoms with Crippen molar-refractivity contribution in [3.63, 3.8) is 0 Å². The highest BCUT2D eigenvalue weighted by atomic mass is 32.2. The second-order valence-electron chi connectivity index (χ2n) is 10.2. The molecule has 0 unspecified atom stereocenters. The molecule has 2 aromatic heterocycles. The Bertz CT molecular complexity index is 1330. The van der Waals surface area contributed by atoms with Gasteiger partial charge in [-0.15, -0.1) is 11.3 Å². The van der Waals surface area contributed by atoms with Crippen molar-refractivity contribution in [2.75, 3.05) is 37.3 Å². The van der Waals surface area contributed by atoms with Crippen LogP contribution in [0.1, 0.15) is 47.9 Å². The number of thiophene rings is 1. The van der Waals surface area contributed by atoms with Gasteiger partial charge in [-0.1, -0.05) is 79.3 Å². The average molecular weight is 531 g/mol. The Balaban J connectivity index is 1.32. The third-order valence-corrected chi connectivity index (χ3v) is 9.58. The second kappa shape index (κ2) is 10.4. The van der Waals surface area contributed by atoms with Crippen LogP contribution in [0, 0.1) is 0 Å². The molecule has 4 aromatic rings. The highest BCUT2D eigenvalue weighted by molar-refractivity contribution is 7.98. The van der Waals surface area contributed by atoms with Gasteiger partial charge in [0.25, 0.3) is 0 Å². The number of anilines is 1. The smallest absolute Gasteiger partial charge is 0.190 e. The van der Waals surface area contributed by atoms with Crippen LogP contribution in [0.5, 0.6) is 0 Å². The minimum atomic E-state index is -0.117. The number of ether oxygens (including phenoxy) is 1. The van der Waals surface area contributed by atoms with Gasteiger partial charge in [0.15, 0.2) is 5.16 Å². The van der Waals surface area contributed by atoms with Crippen LogP contribution in [0.25, 0.3) is 10.2 Å². The van der Waals surface area contributed by atoms with Crippen molar-refractivity contribution in [3.05, 3.63) is 82.2 Å². The molecule has 37 heavy (non-hydrogen) atoms. The Hall–Kier alpha value is -2.45. The molecule has 0 N–H and O–H groups in total. The molecular weight excluding hydrogens is 496 g/mol. The van der Waals surface area contributed by atoms with Gasteiger partial charge in [0.2, 0.25) is 0 Å². The van der Waals surface area contributed by atoms with E-state index in [0.29, 0.717) is 6.61 Å². The number of thioether (sulfide) groups is 1. The molecule has 4 heterocycles. The summed E-state index contributed by atoms with van der Waals surface area (Å²) in [4.78, 5) is 17.6. The van der Waals surface area contributed by atoms with E-state index in [9.17, 15) is 0 Å². The molecular formula is C30H34N4OS2. The molecule has 1 saturated heterocycles. The van der Waals surface area contributed by atoms with Gasteiger partial charge in [-0.05, 0) is 36.3 Å². The van der Waals surface area contributed by atoms with Crippen molar-refractivity contribution in [2.45, 2.75) is 50.1 Å². The number of benzene rings is 2. The van der Waals surface area contributed by atoms with E-state index >= 15 is 0 Å². The molecule has 1 atom stereocenters. The molecule has 0 aliphatic carbocycles. The van der Waals surface area contributed by atoms with E-state index in [0.717, 1.165) is 54.8 Å². The Labute approximate surface area is 227 Å². The molecule has 1 fully saturated rings. The summed E-state index contributed by atoms with van der Waals surface area (Å²) in [6.45, 7) is 9.00. The Morgan fingerprint density at radius 3 is 2.22 bits per heavy atom. The van der Waals surface area contributed by atoms with Crippen LogP contribution >= 0.6 is 23.1 Å². The Morgan fingerprint density at radius 2 is 1.62 bits per heavy atom. The number of rotatable bonds is 6. The zero-order valence-corrected chi connectivity index (χ0v) is 23.4. The first-order valence-electron chi connectivity index (χ1n) is 13.2. The van der Waals surface area contributed by atoms with Gasteiger partial charge >= 0.3 is 0 Å². The van der Waals surface area contributed by atoms with Crippen molar-refractivity contribution in [3.8, 4) is 0 Å². The predicted octanol–water partition coefficient (Wildman–Crippen LogP) is 6.57. The largest absolute Gasteiger partial charge is 0.369 e. The lowest BCUT2D eigenvalue weighted by molar-refractivity contribution is -0.0543. The van der Waals surface area contributed by atoms with Crippen LogP contribution in [0.3, 0.4) is 0 Å². The molecule has 0 bridgehead atoms. The van der Waals surface area contributed by atoms with Crippen LogP contribution in [-0.2, 0) is 17.8 Å². The summed E-state index contributed by atoms with van der Waals surface area (Å²) >= 11 is 3.42. The molecule has 192 valence electrons. The lowest BCUT2D eigenvalue weighted by Gasteiger charge is -2.40. The molecule has 0 radical (unpaired) electrons. The molecule has 2 aromatic carbocycles. The van der Waals surface area contributed by atoms with E-state index in [1.165, 1.54) is 27.0 Å². The van der Waals surface area contributed by atoms with Crippen LogP contribution in [-0.4, -0.2) is 52.9 Å². The SMILES string of the molecule is CC[C@]1(C)Cc2c(sc3nc(SC)nc(N4CCN(C(c5ccccc5)c5ccccc5)CC4)c23)CO1. The van der Waals surface area contributed by atoms with E-state index in [1.54, 1.807) is 23.1 Å². The number of fused-ring (bicyclic) bond motifs is 3. The summed E-state index contributed by atoms with van der Waals surface area (Å²) < 4.78 is 6.27. The fourth-order valence-corrected chi connectivity index (χ4v) is 7.17. The first kappa shape index (κ1) is 24.9. The van der Waals surface area contributed by atoms with Gasteiger partial charge in [-0.3, -0.25) is 4.90 Å². The molecule has 0 spiro atoms. The normalized spacial score (nSPS) is 20.5. The summed E-state index contributed by atoms with van der Waals surface area (Å²) in [5.74, 6) is 1.11. The van der Waals surface area contributed by atoms with E-state index in [2.05, 4.69) is 90.6 Å². The molecule has 5 nitrogen and oxygen atoms in total. The second-order valence-corrected chi connectivity index (χ2v) is 12.1.